The Morgan fingerprint density at radius 3 is 2.56 bits per heavy atom. The van der Waals surface area contributed by atoms with Crippen LogP contribution in [0.15, 0.2) is 0 Å². The predicted octanol–water partition coefficient (Wildman–Crippen LogP) is 1.24. The van der Waals surface area contributed by atoms with Gasteiger partial charge in [0.1, 0.15) is 0 Å². The quantitative estimate of drug-likeness (QED) is 0.767. The largest absolute Gasteiger partial charge is 0.327 e. The van der Waals surface area contributed by atoms with E-state index in [2.05, 4.69) is 44.7 Å². The second-order valence-electron chi connectivity index (χ2n) is 6.39. The second kappa shape index (κ2) is 5.48. The molecule has 0 aliphatic carbocycles. The van der Waals surface area contributed by atoms with Crippen molar-refractivity contribution in [3.8, 4) is 0 Å². The summed E-state index contributed by atoms with van der Waals surface area (Å²) in [6.07, 6.45) is 1.35. The predicted molar refractivity (Wildman–Crippen MR) is 70.5 cm³/mol. The fourth-order valence-corrected chi connectivity index (χ4v) is 2.52. The molecule has 1 saturated heterocycles. The molecule has 0 bridgehead atoms. The normalized spacial score (nSPS) is 25.3. The van der Waals surface area contributed by atoms with Crippen LogP contribution >= 0.6 is 0 Å². The number of hydrogen-bond acceptors (Lipinski definition) is 3. The lowest BCUT2D eigenvalue weighted by Gasteiger charge is -2.34. The summed E-state index contributed by atoms with van der Waals surface area (Å²) in [4.78, 5) is 4.88. The summed E-state index contributed by atoms with van der Waals surface area (Å²) in [5.41, 5.74) is 6.22. The van der Waals surface area contributed by atoms with Crippen LogP contribution in [0.2, 0.25) is 0 Å². The van der Waals surface area contributed by atoms with Crippen LogP contribution in [0.5, 0.6) is 0 Å². The second-order valence-corrected chi connectivity index (χ2v) is 6.39. The monoisotopic (exact) mass is 227 g/mol. The Morgan fingerprint density at radius 1 is 1.50 bits per heavy atom. The summed E-state index contributed by atoms with van der Waals surface area (Å²) in [6, 6.07) is 0.251. The lowest BCUT2D eigenvalue weighted by Crippen LogP contribution is -2.44. The van der Waals surface area contributed by atoms with E-state index in [0.717, 1.165) is 12.5 Å². The maximum Gasteiger partial charge on any atom is 0.00739 e. The van der Waals surface area contributed by atoms with Gasteiger partial charge in [-0.15, -0.1) is 0 Å². The molecule has 1 heterocycles. The summed E-state index contributed by atoms with van der Waals surface area (Å²) in [7, 11) is 4.44. The minimum atomic E-state index is 0.208. The zero-order valence-electron chi connectivity index (χ0n) is 11.7. The third kappa shape index (κ3) is 4.04. The highest BCUT2D eigenvalue weighted by Gasteiger charge is 2.27. The van der Waals surface area contributed by atoms with Crippen LogP contribution in [-0.2, 0) is 0 Å². The molecule has 96 valence electrons. The van der Waals surface area contributed by atoms with Crippen molar-refractivity contribution in [1.29, 1.82) is 0 Å². The number of hydrogen-bond donors (Lipinski definition) is 1. The van der Waals surface area contributed by atoms with E-state index < -0.39 is 0 Å². The van der Waals surface area contributed by atoms with Crippen molar-refractivity contribution in [3.63, 3.8) is 0 Å². The summed E-state index contributed by atoms with van der Waals surface area (Å²) in [5.74, 6) is 0.846. The van der Waals surface area contributed by atoms with Crippen molar-refractivity contribution < 1.29 is 0 Å². The topological polar surface area (TPSA) is 32.5 Å². The fraction of sp³-hybridized carbons (Fsp3) is 1.00. The highest BCUT2D eigenvalue weighted by Crippen LogP contribution is 2.22. The van der Waals surface area contributed by atoms with Crippen molar-refractivity contribution in [3.05, 3.63) is 0 Å². The molecule has 0 aromatic carbocycles. The molecule has 1 rings (SSSR count). The number of nitrogens with two attached hydrogens (primary N) is 1. The highest BCUT2D eigenvalue weighted by molar-refractivity contribution is 4.82. The van der Waals surface area contributed by atoms with Gasteiger partial charge in [-0.25, -0.2) is 0 Å². The van der Waals surface area contributed by atoms with Gasteiger partial charge < -0.3 is 15.5 Å². The fourth-order valence-electron chi connectivity index (χ4n) is 2.52. The maximum atomic E-state index is 6.01. The number of rotatable bonds is 5. The van der Waals surface area contributed by atoms with Crippen molar-refractivity contribution in [2.75, 3.05) is 40.3 Å². The molecule has 0 saturated carbocycles. The van der Waals surface area contributed by atoms with Crippen LogP contribution < -0.4 is 5.73 Å². The standard InChI is InChI=1S/C13H29N3/c1-11(14)13(2,3)10-16(5)9-12-6-7-15(4)8-12/h11-12H,6-10,14H2,1-5H3. The molecule has 0 aromatic rings. The molecule has 1 aliphatic rings. The molecule has 0 spiro atoms. The summed E-state index contributed by atoms with van der Waals surface area (Å²) < 4.78 is 0. The van der Waals surface area contributed by atoms with Crippen molar-refractivity contribution in [1.82, 2.24) is 9.80 Å². The number of nitrogens with zero attached hydrogens (tertiary/aromatic N) is 2. The Morgan fingerprint density at radius 2 is 2.12 bits per heavy atom. The van der Waals surface area contributed by atoms with Crippen LogP contribution in [0.4, 0.5) is 0 Å². The van der Waals surface area contributed by atoms with E-state index in [4.69, 9.17) is 5.73 Å². The summed E-state index contributed by atoms with van der Waals surface area (Å²) in [5, 5.41) is 0. The van der Waals surface area contributed by atoms with E-state index in [-0.39, 0.29) is 11.5 Å². The van der Waals surface area contributed by atoms with Gasteiger partial charge in [0.2, 0.25) is 0 Å². The molecule has 1 fully saturated rings. The van der Waals surface area contributed by atoms with Crippen LogP contribution in [0.1, 0.15) is 27.2 Å². The Kier molecular flexibility index (Phi) is 4.77. The SMILES string of the molecule is CC(N)C(C)(C)CN(C)CC1CCN(C)C1. The first-order chi connectivity index (χ1) is 7.31. The molecule has 2 N–H and O–H groups in total. The average Bonchev–Trinajstić information content (AvgIpc) is 2.49. The molecule has 1 aliphatic heterocycles. The van der Waals surface area contributed by atoms with Gasteiger partial charge in [0.25, 0.3) is 0 Å². The molecule has 2 atom stereocenters. The zero-order valence-corrected chi connectivity index (χ0v) is 11.7. The summed E-state index contributed by atoms with van der Waals surface area (Å²) >= 11 is 0. The van der Waals surface area contributed by atoms with Gasteiger partial charge in [0.15, 0.2) is 0 Å². The highest BCUT2D eigenvalue weighted by atomic mass is 15.2. The Balaban J connectivity index is 2.33. The van der Waals surface area contributed by atoms with Crippen LogP contribution in [0.3, 0.4) is 0 Å². The molecule has 3 heteroatoms. The Labute approximate surface area is 101 Å². The van der Waals surface area contributed by atoms with E-state index >= 15 is 0 Å². The first kappa shape index (κ1) is 13.9. The lowest BCUT2D eigenvalue weighted by atomic mass is 9.85. The molecular formula is C13H29N3. The zero-order chi connectivity index (χ0) is 12.3. The smallest absolute Gasteiger partial charge is 0.00739 e. The molecule has 0 aromatic heterocycles. The van der Waals surface area contributed by atoms with Gasteiger partial charge in [0, 0.05) is 25.7 Å². The van der Waals surface area contributed by atoms with E-state index in [0.29, 0.717) is 0 Å². The van der Waals surface area contributed by atoms with Gasteiger partial charge in [0.05, 0.1) is 0 Å². The maximum absolute atomic E-state index is 6.01. The van der Waals surface area contributed by atoms with Gasteiger partial charge in [-0.2, -0.15) is 0 Å². The Hall–Kier alpha value is -0.120. The first-order valence-corrected chi connectivity index (χ1v) is 6.44. The average molecular weight is 227 g/mol. The molecule has 2 unspecified atom stereocenters. The Bertz CT molecular complexity index is 213. The molecule has 16 heavy (non-hydrogen) atoms. The van der Waals surface area contributed by atoms with Gasteiger partial charge in [-0.3, -0.25) is 0 Å². The van der Waals surface area contributed by atoms with E-state index in [1.165, 1.54) is 26.1 Å². The molecule has 0 amide bonds. The van der Waals surface area contributed by atoms with Gasteiger partial charge in [-0.05, 0) is 45.3 Å². The minimum Gasteiger partial charge on any atom is -0.327 e. The minimum absolute atomic E-state index is 0.208. The number of likely N-dealkylation sites (tertiary alicyclic amines) is 1. The molecule has 3 nitrogen and oxygen atoms in total. The van der Waals surface area contributed by atoms with E-state index in [1.54, 1.807) is 0 Å². The van der Waals surface area contributed by atoms with Crippen molar-refractivity contribution >= 4 is 0 Å². The summed E-state index contributed by atoms with van der Waals surface area (Å²) in [6.45, 7) is 11.4. The van der Waals surface area contributed by atoms with Crippen molar-refractivity contribution in [2.45, 2.75) is 33.2 Å². The van der Waals surface area contributed by atoms with Crippen LogP contribution in [0.25, 0.3) is 0 Å². The first-order valence-electron chi connectivity index (χ1n) is 6.44. The third-order valence-electron chi connectivity index (χ3n) is 3.97. The lowest BCUT2D eigenvalue weighted by molar-refractivity contribution is 0.166. The van der Waals surface area contributed by atoms with Gasteiger partial charge in [-0.1, -0.05) is 13.8 Å². The molecular weight excluding hydrogens is 198 g/mol. The van der Waals surface area contributed by atoms with E-state index in [9.17, 15) is 0 Å². The van der Waals surface area contributed by atoms with Crippen LogP contribution in [-0.4, -0.2) is 56.1 Å². The van der Waals surface area contributed by atoms with Crippen LogP contribution in [0, 0.1) is 11.3 Å². The van der Waals surface area contributed by atoms with Crippen molar-refractivity contribution in [2.24, 2.45) is 17.1 Å². The third-order valence-corrected chi connectivity index (χ3v) is 3.97. The molecule has 0 radical (unpaired) electrons. The van der Waals surface area contributed by atoms with E-state index in [1.807, 2.05) is 0 Å². The van der Waals surface area contributed by atoms with Gasteiger partial charge >= 0.3 is 0 Å².